The summed E-state index contributed by atoms with van der Waals surface area (Å²) in [5.41, 5.74) is 5.58. The van der Waals surface area contributed by atoms with E-state index in [2.05, 4.69) is 43.8 Å². The minimum absolute atomic E-state index is 0.301. The lowest BCUT2D eigenvalue weighted by Gasteiger charge is -2.31. The zero-order valence-electron chi connectivity index (χ0n) is 22.6. The molecule has 0 bridgehead atoms. The number of nitrogens with zero attached hydrogens (tertiary/aromatic N) is 6. The molecule has 0 atom stereocenters. The van der Waals surface area contributed by atoms with Crippen molar-refractivity contribution >= 4 is 28.8 Å². The van der Waals surface area contributed by atoms with Crippen LogP contribution in [0.1, 0.15) is 23.1 Å². The molecule has 212 valence electrons. The van der Waals surface area contributed by atoms with Gasteiger partial charge in [-0.3, -0.25) is 0 Å². The average Bonchev–Trinajstić information content (AvgIpc) is 3.44. The monoisotopic (exact) mass is 580 g/mol. The summed E-state index contributed by atoms with van der Waals surface area (Å²) >= 11 is 1.69. The van der Waals surface area contributed by atoms with Crippen molar-refractivity contribution in [2.45, 2.75) is 26.6 Å². The fraction of sp³-hybridized carbons (Fsp3) is 0.241. The Labute approximate surface area is 239 Å². The average molecular weight is 581 g/mol. The normalized spacial score (nSPS) is 15.1. The summed E-state index contributed by atoms with van der Waals surface area (Å²) < 4.78 is 48.0. The summed E-state index contributed by atoms with van der Waals surface area (Å²) in [6, 6.07) is 17.0. The van der Waals surface area contributed by atoms with E-state index in [1.807, 2.05) is 36.4 Å². The van der Waals surface area contributed by atoms with Crippen molar-refractivity contribution in [3.05, 3.63) is 83.7 Å². The Bertz CT molecular complexity index is 1540. The maximum atomic E-state index is 12.4. The van der Waals surface area contributed by atoms with Crippen molar-refractivity contribution in [1.29, 1.82) is 0 Å². The van der Waals surface area contributed by atoms with Crippen molar-refractivity contribution < 1.29 is 22.6 Å². The summed E-state index contributed by atoms with van der Waals surface area (Å²) in [5.74, 6) is 2.00. The zero-order valence-corrected chi connectivity index (χ0v) is 23.4. The predicted molar refractivity (Wildman–Crippen MR) is 155 cm³/mol. The molecule has 1 saturated heterocycles. The second-order valence-electron chi connectivity index (χ2n) is 9.27. The van der Waals surface area contributed by atoms with E-state index in [-0.39, 0.29) is 5.75 Å². The van der Waals surface area contributed by atoms with Crippen LogP contribution in [-0.2, 0) is 0 Å². The molecule has 8 nitrogen and oxygen atoms in total. The van der Waals surface area contributed by atoms with E-state index in [9.17, 15) is 13.2 Å². The molecule has 1 aromatic heterocycles. The lowest BCUT2D eigenvalue weighted by atomic mass is 10.1. The lowest BCUT2D eigenvalue weighted by Crippen LogP contribution is -2.35. The molecule has 41 heavy (non-hydrogen) atoms. The van der Waals surface area contributed by atoms with Gasteiger partial charge >= 0.3 is 6.36 Å². The number of halogens is 3. The van der Waals surface area contributed by atoms with Crippen LogP contribution in [-0.4, -0.2) is 51.9 Å². The van der Waals surface area contributed by atoms with Gasteiger partial charge in [-0.2, -0.15) is 5.10 Å². The lowest BCUT2D eigenvalue weighted by molar-refractivity contribution is -0.274. The van der Waals surface area contributed by atoms with Crippen LogP contribution in [0.4, 0.5) is 18.9 Å². The van der Waals surface area contributed by atoms with Gasteiger partial charge in [0.1, 0.15) is 17.8 Å². The number of anilines is 1. The van der Waals surface area contributed by atoms with Crippen LogP contribution in [0.3, 0.4) is 0 Å². The van der Waals surface area contributed by atoms with Crippen molar-refractivity contribution in [1.82, 2.24) is 14.8 Å². The maximum absolute atomic E-state index is 12.4. The summed E-state index contributed by atoms with van der Waals surface area (Å²) in [7, 11) is 1.67. The Hall–Kier alpha value is -4.32. The quantitative estimate of drug-likeness (QED) is 0.177. The molecule has 12 heteroatoms. The molecule has 0 spiro atoms. The van der Waals surface area contributed by atoms with Gasteiger partial charge in [-0.15, -0.1) is 23.4 Å². The van der Waals surface area contributed by atoms with Gasteiger partial charge in [-0.1, -0.05) is 36.0 Å². The molecular weight excluding hydrogens is 553 g/mol. The fourth-order valence-electron chi connectivity index (χ4n) is 4.49. The van der Waals surface area contributed by atoms with Gasteiger partial charge in [0.15, 0.2) is 11.0 Å². The van der Waals surface area contributed by atoms with Crippen molar-refractivity contribution in [3.8, 4) is 28.6 Å². The molecule has 3 aromatic carbocycles. The van der Waals surface area contributed by atoms with Crippen LogP contribution in [0.25, 0.3) is 17.1 Å². The smallest absolute Gasteiger partial charge is 0.497 e. The number of hydrogen-bond donors (Lipinski definition) is 0. The van der Waals surface area contributed by atoms with E-state index >= 15 is 0 Å². The van der Waals surface area contributed by atoms with Gasteiger partial charge < -0.3 is 14.4 Å². The second kappa shape index (κ2) is 12.0. The molecule has 1 aliphatic heterocycles. The summed E-state index contributed by atoms with van der Waals surface area (Å²) in [4.78, 5) is 6.55. The third kappa shape index (κ3) is 6.88. The van der Waals surface area contributed by atoms with Crippen LogP contribution in [0.15, 0.2) is 77.2 Å². The molecule has 2 heterocycles. The molecule has 5 rings (SSSR count). The number of amidine groups is 1. The van der Waals surface area contributed by atoms with Gasteiger partial charge in [0.2, 0.25) is 0 Å². The number of aromatic nitrogens is 3. The first-order valence-corrected chi connectivity index (χ1v) is 13.7. The van der Waals surface area contributed by atoms with Crippen molar-refractivity contribution in [2.24, 2.45) is 10.2 Å². The molecule has 0 radical (unpaired) electrons. The van der Waals surface area contributed by atoms with E-state index in [0.29, 0.717) is 11.5 Å². The Kier molecular flexibility index (Phi) is 8.29. The molecule has 4 aromatic rings. The molecule has 0 unspecified atom stereocenters. The largest absolute Gasteiger partial charge is 0.573 e. The van der Waals surface area contributed by atoms with Gasteiger partial charge in [-0.25, -0.2) is 9.67 Å². The zero-order chi connectivity index (χ0) is 29.0. The van der Waals surface area contributed by atoms with Crippen LogP contribution < -0.4 is 14.4 Å². The molecular formula is C29H27F3N6O2S. The first-order chi connectivity index (χ1) is 19.7. The number of hydrogen-bond acceptors (Lipinski definition) is 7. The Balaban J connectivity index is 1.27. The maximum Gasteiger partial charge on any atom is 0.573 e. The van der Waals surface area contributed by atoms with Crippen LogP contribution >= 0.6 is 11.8 Å². The second-order valence-corrected chi connectivity index (χ2v) is 10.3. The van der Waals surface area contributed by atoms with Gasteiger partial charge in [0.25, 0.3) is 0 Å². The van der Waals surface area contributed by atoms with Gasteiger partial charge in [0, 0.05) is 23.5 Å². The number of alkyl halides is 3. The number of ether oxygens (including phenoxy) is 2. The topological polar surface area (TPSA) is 77.1 Å². The summed E-state index contributed by atoms with van der Waals surface area (Å²) in [5, 5.41) is 14.2. The van der Waals surface area contributed by atoms with E-state index < -0.39 is 6.36 Å². The predicted octanol–water partition coefficient (Wildman–Crippen LogP) is 6.79. The van der Waals surface area contributed by atoms with Gasteiger partial charge in [0.05, 0.1) is 19.0 Å². The molecule has 0 saturated carbocycles. The summed E-state index contributed by atoms with van der Waals surface area (Å²) in [6.45, 7) is 5.02. The molecule has 0 aliphatic carbocycles. The SMILES string of the molecule is COc1cc(C)c(N2CCCS/C2=N\N=C\c2ccc(-c3ncn(-c4ccc(OC(F)(F)F)cc4)n3)cc2)c(C)c1. The number of thioether (sulfide) groups is 1. The highest BCUT2D eigenvalue weighted by atomic mass is 32.2. The van der Waals surface area contributed by atoms with Crippen LogP contribution in [0, 0.1) is 13.8 Å². The van der Waals surface area contributed by atoms with Crippen LogP contribution in [0.2, 0.25) is 0 Å². The summed E-state index contributed by atoms with van der Waals surface area (Å²) in [6.07, 6.45) is -0.480. The fourth-order valence-corrected chi connectivity index (χ4v) is 5.39. The van der Waals surface area contributed by atoms with E-state index in [0.717, 1.165) is 57.6 Å². The highest BCUT2D eigenvalue weighted by molar-refractivity contribution is 8.14. The standard InChI is InChI=1S/C29H27F3N6O2S/c1-19-15-25(39-3)16-20(2)26(19)37-13-4-14-41-28(37)35-34-17-21-5-7-22(8-6-21)27-33-18-38(36-27)23-9-11-24(12-10-23)40-29(30,31)32/h5-12,15-18H,4,13-14H2,1-3H3/b34-17+,35-28-. The highest BCUT2D eigenvalue weighted by Crippen LogP contribution is 2.33. The molecule has 1 fully saturated rings. The minimum Gasteiger partial charge on any atom is -0.497 e. The molecule has 0 amide bonds. The third-order valence-electron chi connectivity index (χ3n) is 6.30. The molecule has 0 N–H and O–H groups in total. The van der Waals surface area contributed by atoms with E-state index in [1.54, 1.807) is 25.1 Å². The first-order valence-electron chi connectivity index (χ1n) is 12.7. The Morgan fingerprint density at radius 1 is 0.976 bits per heavy atom. The third-order valence-corrected chi connectivity index (χ3v) is 7.36. The van der Waals surface area contributed by atoms with Gasteiger partial charge in [-0.05, 0) is 73.4 Å². The number of aryl methyl sites for hydroxylation is 2. The number of benzene rings is 3. The Morgan fingerprint density at radius 2 is 1.68 bits per heavy atom. The minimum atomic E-state index is -4.74. The Morgan fingerprint density at radius 3 is 2.34 bits per heavy atom. The number of methoxy groups -OCH3 is 1. The van der Waals surface area contributed by atoms with Crippen LogP contribution in [0.5, 0.6) is 11.5 Å². The first kappa shape index (κ1) is 28.2. The van der Waals surface area contributed by atoms with E-state index in [4.69, 9.17) is 4.74 Å². The number of rotatable bonds is 7. The van der Waals surface area contributed by atoms with E-state index in [1.165, 1.54) is 35.3 Å². The van der Waals surface area contributed by atoms with Crippen molar-refractivity contribution in [2.75, 3.05) is 24.3 Å². The highest BCUT2D eigenvalue weighted by Gasteiger charge is 2.31. The van der Waals surface area contributed by atoms with Crippen molar-refractivity contribution in [3.63, 3.8) is 0 Å². The molecule has 1 aliphatic rings.